The number of unbranched alkanes of at least 4 members (excludes halogenated alkanes) is 1. The quantitative estimate of drug-likeness (QED) is 0.251. The second-order valence-electron chi connectivity index (χ2n) is 7.91. The van der Waals surface area contributed by atoms with E-state index < -0.39 is 0 Å². The van der Waals surface area contributed by atoms with Crippen LogP contribution in [-0.2, 0) is 13.0 Å². The van der Waals surface area contributed by atoms with Crippen LogP contribution < -0.4 is 4.90 Å². The zero-order valence-electron chi connectivity index (χ0n) is 19.6. The lowest BCUT2D eigenvalue weighted by atomic mass is 10.1. The molecule has 2 N–H and O–H groups in total. The number of rotatable bonds is 8. The van der Waals surface area contributed by atoms with Crippen molar-refractivity contribution in [1.29, 1.82) is 5.41 Å². The Morgan fingerprint density at radius 1 is 1.34 bits per heavy atom. The van der Waals surface area contributed by atoms with Crippen LogP contribution in [0.4, 0.5) is 10.1 Å². The molecule has 0 amide bonds. The van der Waals surface area contributed by atoms with Gasteiger partial charge in [0.1, 0.15) is 5.83 Å². The van der Waals surface area contributed by atoms with Gasteiger partial charge in [-0.3, -0.25) is 0 Å². The average molecular weight is 455 g/mol. The first kappa shape index (κ1) is 25.7. The molecule has 4 nitrogen and oxygen atoms in total. The molecule has 6 heteroatoms. The molecule has 0 aliphatic carbocycles. The molecule has 1 aliphatic rings. The zero-order valence-corrected chi connectivity index (χ0v) is 20.4. The minimum atomic E-state index is -0.282. The monoisotopic (exact) mass is 454 g/mol. The Bertz CT molecular complexity index is 943. The molecule has 3 rings (SSSR count). The van der Waals surface area contributed by atoms with E-state index in [0.29, 0.717) is 10.8 Å². The van der Waals surface area contributed by atoms with Crippen molar-refractivity contribution in [1.82, 2.24) is 9.97 Å². The molecule has 32 heavy (non-hydrogen) atoms. The third-order valence-electron chi connectivity index (χ3n) is 4.87. The molecule has 0 saturated heterocycles. The number of hydrogen-bond acceptors (Lipinski definition) is 4. The summed E-state index contributed by atoms with van der Waals surface area (Å²) >= 11 is 1.92. The van der Waals surface area contributed by atoms with E-state index in [-0.39, 0.29) is 5.83 Å². The summed E-state index contributed by atoms with van der Waals surface area (Å²) in [4.78, 5) is 11.4. The maximum atomic E-state index is 13.0. The van der Waals surface area contributed by atoms with Crippen LogP contribution in [0.15, 0.2) is 71.2 Å². The molecule has 0 radical (unpaired) electrons. The van der Waals surface area contributed by atoms with Gasteiger partial charge in [-0.1, -0.05) is 45.4 Å². The number of allylic oxidation sites excluding steroid dienone is 6. The number of anilines is 1. The van der Waals surface area contributed by atoms with Crippen molar-refractivity contribution >= 4 is 23.7 Å². The number of hydrogen-bond donors (Lipinski definition) is 2. The van der Waals surface area contributed by atoms with E-state index in [4.69, 9.17) is 5.41 Å². The summed E-state index contributed by atoms with van der Waals surface area (Å²) in [6, 6.07) is 8.85. The number of thioether (sulfide) groups is 1. The van der Waals surface area contributed by atoms with E-state index in [1.54, 1.807) is 19.3 Å². The average Bonchev–Trinajstić information content (AvgIpc) is 3.25. The lowest BCUT2D eigenvalue weighted by Crippen LogP contribution is -2.30. The highest BCUT2D eigenvalue weighted by Crippen LogP contribution is 2.29. The first-order valence-corrected chi connectivity index (χ1v) is 12.0. The number of H-pyrrole nitrogens is 1. The number of halogens is 1. The fourth-order valence-electron chi connectivity index (χ4n) is 3.21. The summed E-state index contributed by atoms with van der Waals surface area (Å²) in [5, 5.41) is 7.38. The summed E-state index contributed by atoms with van der Waals surface area (Å²) in [7, 11) is 0. The fourth-order valence-corrected chi connectivity index (χ4v) is 4.10. The van der Waals surface area contributed by atoms with E-state index in [1.165, 1.54) is 34.1 Å². The Morgan fingerprint density at radius 3 is 2.88 bits per heavy atom. The third kappa shape index (κ3) is 8.50. The maximum absolute atomic E-state index is 13.0. The number of nitrogens with one attached hydrogen (secondary N) is 2. The van der Waals surface area contributed by atoms with Gasteiger partial charge in [-0.25, -0.2) is 9.37 Å². The van der Waals surface area contributed by atoms with E-state index in [0.717, 1.165) is 38.6 Å². The van der Waals surface area contributed by atoms with Gasteiger partial charge in [-0.15, -0.1) is 11.8 Å². The SMILES string of the molecule is CC(C)Sc1cccc(N2CCc3nc[nH]c3C2)c1.CCC\C=C/C=C(F)\C(C)=C\C=N. The number of benzene rings is 1. The summed E-state index contributed by atoms with van der Waals surface area (Å²) < 4.78 is 13.0. The Morgan fingerprint density at radius 2 is 2.16 bits per heavy atom. The third-order valence-corrected chi connectivity index (χ3v) is 5.87. The lowest BCUT2D eigenvalue weighted by Gasteiger charge is -2.28. The second-order valence-corrected chi connectivity index (χ2v) is 9.56. The van der Waals surface area contributed by atoms with Gasteiger partial charge in [-0.05, 0) is 49.3 Å². The molecule has 1 aliphatic heterocycles. The van der Waals surface area contributed by atoms with Crippen molar-refractivity contribution in [3.8, 4) is 0 Å². The molecule has 1 aromatic heterocycles. The van der Waals surface area contributed by atoms with E-state index >= 15 is 0 Å². The summed E-state index contributed by atoms with van der Waals surface area (Å²) in [6.07, 6.45) is 12.4. The van der Waals surface area contributed by atoms with Crippen molar-refractivity contribution in [2.45, 2.75) is 63.6 Å². The number of nitrogens with zero attached hydrogens (tertiary/aromatic N) is 2. The highest BCUT2D eigenvalue weighted by atomic mass is 32.2. The molecule has 0 bridgehead atoms. The summed E-state index contributed by atoms with van der Waals surface area (Å²) in [6.45, 7) is 10.2. The molecule has 0 saturated carbocycles. The minimum Gasteiger partial charge on any atom is -0.365 e. The van der Waals surface area contributed by atoms with Crippen LogP contribution in [0.2, 0.25) is 0 Å². The first-order valence-electron chi connectivity index (χ1n) is 11.2. The van der Waals surface area contributed by atoms with Gasteiger partial charge < -0.3 is 15.3 Å². The topological polar surface area (TPSA) is 55.8 Å². The molecule has 1 aromatic carbocycles. The van der Waals surface area contributed by atoms with E-state index in [2.05, 4.69) is 59.9 Å². The minimum absolute atomic E-state index is 0.282. The summed E-state index contributed by atoms with van der Waals surface area (Å²) in [5.41, 5.74) is 4.28. The van der Waals surface area contributed by atoms with Crippen LogP contribution in [0.5, 0.6) is 0 Å². The maximum Gasteiger partial charge on any atom is 0.126 e. The molecular weight excluding hydrogens is 419 g/mol. The molecule has 2 aromatic rings. The number of aromatic nitrogens is 2. The van der Waals surface area contributed by atoms with Gasteiger partial charge in [0.25, 0.3) is 0 Å². The standard InChI is InChI=1S/C15H19N3S.C11H16FN/c1-11(2)19-13-5-3-4-12(8-13)18-7-6-14-15(9-18)17-10-16-14;1-3-4-5-6-7-11(12)10(2)8-9-13/h3-5,8,10-11H,6-7,9H2,1-2H3,(H,16,17);5-9,13H,3-4H2,1-2H3/b;6-5-,10-8+,11-7+,13-9?. The largest absolute Gasteiger partial charge is 0.365 e. The Labute approximate surface area is 196 Å². The molecular formula is C26H35FN4S. The van der Waals surface area contributed by atoms with Crippen LogP contribution in [0.25, 0.3) is 0 Å². The molecule has 0 fully saturated rings. The van der Waals surface area contributed by atoms with Crippen molar-refractivity contribution in [3.05, 3.63) is 77.7 Å². The lowest BCUT2D eigenvalue weighted by molar-refractivity contribution is 0.652. The Balaban J connectivity index is 0.000000247. The van der Waals surface area contributed by atoms with Gasteiger partial charge in [0, 0.05) is 35.0 Å². The predicted octanol–water partition coefficient (Wildman–Crippen LogP) is 7.26. The zero-order chi connectivity index (χ0) is 23.3. The van der Waals surface area contributed by atoms with Gasteiger partial charge in [0.15, 0.2) is 0 Å². The van der Waals surface area contributed by atoms with Crippen LogP contribution in [0, 0.1) is 5.41 Å². The fraction of sp³-hybridized carbons (Fsp3) is 0.385. The second kappa shape index (κ2) is 13.7. The van der Waals surface area contributed by atoms with Crippen molar-refractivity contribution in [2.75, 3.05) is 11.4 Å². The van der Waals surface area contributed by atoms with Gasteiger partial charge >= 0.3 is 0 Å². The molecule has 172 valence electrons. The van der Waals surface area contributed by atoms with Gasteiger partial charge in [0.05, 0.1) is 24.3 Å². The van der Waals surface area contributed by atoms with Crippen molar-refractivity contribution in [3.63, 3.8) is 0 Å². The molecule has 0 atom stereocenters. The van der Waals surface area contributed by atoms with E-state index in [1.807, 2.05) is 17.8 Å². The molecule has 2 heterocycles. The van der Waals surface area contributed by atoms with Gasteiger partial charge in [-0.2, -0.15) is 0 Å². The van der Waals surface area contributed by atoms with E-state index in [9.17, 15) is 4.39 Å². The van der Waals surface area contributed by atoms with Gasteiger partial charge in [0.2, 0.25) is 0 Å². The highest BCUT2D eigenvalue weighted by molar-refractivity contribution is 7.99. The predicted molar refractivity (Wildman–Crippen MR) is 137 cm³/mol. The summed E-state index contributed by atoms with van der Waals surface area (Å²) in [5.74, 6) is -0.282. The Kier molecular flexibility index (Phi) is 11.0. The van der Waals surface area contributed by atoms with Crippen LogP contribution in [0.3, 0.4) is 0 Å². The van der Waals surface area contributed by atoms with Crippen LogP contribution in [-0.4, -0.2) is 28.0 Å². The van der Waals surface area contributed by atoms with Crippen LogP contribution >= 0.6 is 11.8 Å². The van der Waals surface area contributed by atoms with Crippen molar-refractivity contribution in [2.24, 2.45) is 0 Å². The Hall–Kier alpha value is -2.60. The molecule has 0 spiro atoms. The number of aromatic amines is 1. The van der Waals surface area contributed by atoms with Crippen LogP contribution in [0.1, 0.15) is 51.9 Å². The smallest absolute Gasteiger partial charge is 0.126 e. The highest BCUT2D eigenvalue weighted by Gasteiger charge is 2.18. The van der Waals surface area contributed by atoms with Crippen molar-refractivity contribution < 1.29 is 4.39 Å². The normalized spacial score (nSPS) is 14.4. The number of fused-ring (bicyclic) bond motifs is 1. The molecule has 0 unspecified atom stereocenters. The first-order chi connectivity index (χ1) is 15.4. The number of imidazole rings is 1.